The van der Waals surface area contributed by atoms with Crippen LogP contribution in [0.5, 0.6) is 11.5 Å². The van der Waals surface area contributed by atoms with Crippen LogP contribution in [0.3, 0.4) is 0 Å². The minimum atomic E-state index is -1.75. The van der Waals surface area contributed by atoms with Crippen LogP contribution in [0.4, 0.5) is 0 Å². The van der Waals surface area contributed by atoms with Crippen LogP contribution >= 0.6 is 0 Å². The van der Waals surface area contributed by atoms with Crippen LogP contribution in [-0.4, -0.2) is 68.7 Å². The first-order valence-corrected chi connectivity index (χ1v) is 15.1. The highest BCUT2D eigenvalue weighted by molar-refractivity contribution is 6.01. The highest BCUT2D eigenvalue weighted by atomic mass is 16.5. The van der Waals surface area contributed by atoms with Crippen molar-refractivity contribution >= 4 is 23.4 Å². The van der Waals surface area contributed by atoms with E-state index in [-0.39, 0.29) is 73.2 Å². The summed E-state index contributed by atoms with van der Waals surface area (Å²) in [6.07, 6.45) is 7.00. The predicted molar refractivity (Wildman–Crippen MR) is 155 cm³/mol. The molecule has 0 heterocycles. The minimum absolute atomic E-state index is 0.0100. The lowest BCUT2D eigenvalue weighted by Gasteiger charge is -2.59. The van der Waals surface area contributed by atoms with E-state index in [0.29, 0.717) is 12.8 Å². The zero-order valence-corrected chi connectivity index (χ0v) is 24.7. The van der Waals surface area contributed by atoms with E-state index in [1.807, 2.05) is 13.0 Å². The summed E-state index contributed by atoms with van der Waals surface area (Å²) < 4.78 is 5.19. The number of benzene rings is 1. The summed E-state index contributed by atoms with van der Waals surface area (Å²) in [7, 11) is 0. The number of hydrogen-bond donors (Lipinski definition) is 5. The number of esters is 1. The lowest BCUT2D eigenvalue weighted by atomic mass is 9.46. The van der Waals surface area contributed by atoms with Gasteiger partial charge in [-0.15, -0.1) is 0 Å². The van der Waals surface area contributed by atoms with Crippen LogP contribution in [0.2, 0.25) is 0 Å². The van der Waals surface area contributed by atoms with Gasteiger partial charge >= 0.3 is 5.97 Å². The molecule has 0 radical (unpaired) electrons. The fourth-order valence-electron chi connectivity index (χ4n) is 8.50. The zero-order valence-electron chi connectivity index (χ0n) is 24.7. The molecule has 10 heteroatoms. The molecule has 0 aromatic heterocycles. The minimum Gasteiger partial charge on any atom is -0.504 e. The Bertz CT molecular complexity index is 1380. The maximum Gasteiger partial charge on any atom is 0.306 e. The van der Waals surface area contributed by atoms with Gasteiger partial charge < -0.3 is 30.5 Å². The van der Waals surface area contributed by atoms with Gasteiger partial charge in [-0.05, 0) is 80.2 Å². The predicted octanol–water partition coefficient (Wildman–Crippen LogP) is 2.66. The highest BCUT2D eigenvalue weighted by Gasteiger charge is 2.68. The molecule has 5 N–H and O–H groups in total. The van der Waals surface area contributed by atoms with Gasteiger partial charge in [0.1, 0.15) is 5.60 Å². The Hall–Kier alpha value is -3.50. The lowest BCUT2D eigenvalue weighted by Crippen LogP contribution is -2.61. The van der Waals surface area contributed by atoms with Crippen molar-refractivity contribution in [3.05, 3.63) is 47.6 Å². The number of aliphatic hydroxyl groups is 2. The molecule has 10 nitrogen and oxygen atoms in total. The van der Waals surface area contributed by atoms with Gasteiger partial charge in [-0.3, -0.25) is 19.2 Å². The Balaban J connectivity index is 1.13. The Morgan fingerprint density at radius 1 is 1.09 bits per heavy atom. The summed E-state index contributed by atoms with van der Waals surface area (Å²) in [5.41, 5.74) is -1.34. The SMILES string of the molecule is C[C@]12C=CC(=O)C=C1CC[C@@H]1[C@@H]2[C@@H](O)C[C@@]2(C)[C@H]1CC[C@@]2(O)C(=O)COC(=O)CCC(=O)NCCc1ccc(O)c(O)c1. The summed E-state index contributed by atoms with van der Waals surface area (Å²) in [6, 6.07) is 4.40. The van der Waals surface area contributed by atoms with Crippen molar-refractivity contribution in [3.63, 3.8) is 0 Å². The number of ether oxygens (including phenoxy) is 1. The van der Waals surface area contributed by atoms with Crippen LogP contribution < -0.4 is 5.32 Å². The number of phenols is 2. The summed E-state index contributed by atoms with van der Waals surface area (Å²) in [4.78, 5) is 50.0. The first-order chi connectivity index (χ1) is 20.3. The van der Waals surface area contributed by atoms with Gasteiger partial charge in [0.15, 0.2) is 23.9 Å². The average Bonchev–Trinajstić information content (AvgIpc) is 3.23. The molecule has 7 atom stereocenters. The van der Waals surface area contributed by atoms with E-state index < -0.39 is 40.9 Å². The number of allylic oxidation sites excluding steroid dienone is 4. The lowest BCUT2D eigenvalue weighted by molar-refractivity contribution is -0.181. The molecule has 0 aliphatic heterocycles. The van der Waals surface area contributed by atoms with Crippen molar-refractivity contribution in [2.75, 3.05) is 13.2 Å². The van der Waals surface area contributed by atoms with Gasteiger partial charge in [0.2, 0.25) is 11.7 Å². The molecule has 0 bridgehead atoms. The van der Waals surface area contributed by atoms with E-state index in [0.717, 1.165) is 24.0 Å². The number of phenolic OH excluding ortho intramolecular Hbond substituents is 2. The van der Waals surface area contributed by atoms with Crippen LogP contribution in [0.1, 0.15) is 64.4 Å². The van der Waals surface area contributed by atoms with Gasteiger partial charge in [0.25, 0.3) is 0 Å². The van der Waals surface area contributed by atoms with Gasteiger partial charge in [-0.1, -0.05) is 31.6 Å². The highest BCUT2D eigenvalue weighted by Crippen LogP contribution is 2.67. The number of hydrogen-bond acceptors (Lipinski definition) is 9. The van der Waals surface area contributed by atoms with E-state index in [1.165, 1.54) is 12.1 Å². The number of Topliss-reactive ketones (excluding diaryl/α,β-unsaturated/α-hetero) is 1. The van der Waals surface area contributed by atoms with Crippen LogP contribution in [0, 0.1) is 28.6 Å². The third-order valence-corrected chi connectivity index (χ3v) is 10.8. The van der Waals surface area contributed by atoms with Crippen molar-refractivity contribution in [1.82, 2.24) is 5.32 Å². The maximum atomic E-state index is 13.4. The topological polar surface area (TPSA) is 170 Å². The largest absolute Gasteiger partial charge is 0.504 e. The fourth-order valence-corrected chi connectivity index (χ4v) is 8.50. The van der Waals surface area contributed by atoms with Crippen molar-refractivity contribution in [3.8, 4) is 11.5 Å². The number of aromatic hydroxyl groups is 2. The van der Waals surface area contributed by atoms with Crippen LogP contribution in [0.25, 0.3) is 0 Å². The molecular weight excluding hydrogens is 554 g/mol. The van der Waals surface area contributed by atoms with Crippen molar-refractivity contribution in [2.45, 2.75) is 76.9 Å². The first kappa shape index (κ1) is 30.9. The standard InChI is InChI=1S/C33H41NO9/c1-31-12-9-21(35)16-20(31)4-5-22-23-10-13-33(42,32(23,2)17-26(38)30(22)31)27(39)18-43-29(41)8-7-28(40)34-14-11-19-3-6-24(36)25(37)15-19/h3,6,9,12,15-16,22-23,26,30,36-38,42H,4-5,7-8,10-11,13-14,17-18H2,1-2H3,(H,34,40)/t22-,23-,26-,30+,31-,32-,33+/m0/s1. The number of fused-ring (bicyclic) bond motifs is 5. The summed E-state index contributed by atoms with van der Waals surface area (Å²) >= 11 is 0. The third kappa shape index (κ3) is 5.51. The van der Waals surface area contributed by atoms with Crippen LogP contribution in [0.15, 0.2) is 42.0 Å². The molecule has 3 fully saturated rings. The molecule has 1 amide bonds. The van der Waals surface area contributed by atoms with Crippen molar-refractivity contribution in [1.29, 1.82) is 0 Å². The van der Waals surface area contributed by atoms with Crippen LogP contribution in [-0.2, 0) is 30.3 Å². The molecule has 4 aliphatic carbocycles. The molecule has 1 aromatic rings. The number of aliphatic hydroxyl groups excluding tert-OH is 1. The molecule has 232 valence electrons. The van der Waals surface area contributed by atoms with Gasteiger partial charge in [-0.2, -0.15) is 0 Å². The smallest absolute Gasteiger partial charge is 0.306 e. The quantitative estimate of drug-likeness (QED) is 0.213. The summed E-state index contributed by atoms with van der Waals surface area (Å²) in [5, 5.41) is 44.9. The monoisotopic (exact) mass is 595 g/mol. The molecule has 5 rings (SSSR count). The zero-order chi connectivity index (χ0) is 31.2. The van der Waals surface area contributed by atoms with Crippen molar-refractivity contribution < 1.29 is 44.3 Å². The number of carbonyl (C=O) groups is 4. The normalized spacial score (nSPS) is 34.4. The van der Waals surface area contributed by atoms with Gasteiger partial charge in [-0.25, -0.2) is 0 Å². The first-order valence-electron chi connectivity index (χ1n) is 15.1. The number of carbonyl (C=O) groups excluding carboxylic acids is 4. The Labute approximate surface area is 250 Å². The Kier molecular flexibility index (Phi) is 8.30. The summed E-state index contributed by atoms with van der Waals surface area (Å²) in [5.74, 6) is -2.27. The van der Waals surface area contributed by atoms with E-state index >= 15 is 0 Å². The molecule has 0 saturated heterocycles. The van der Waals surface area contributed by atoms with E-state index in [4.69, 9.17) is 4.74 Å². The fraction of sp³-hybridized carbons (Fsp3) is 0.576. The number of amides is 1. The number of nitrogens with one attached hydrogen (secondary N) is 1. The van der Waals surface area contributed by atoms with E-state index in [1.54, 1.807) is 18.2 Å². The summed E-state index contributed by atoms with van der Waals surface area (Å²) in [6.45, 7) is 3.59. The Morgan fingerprint density at radius 2 is 1.86 bits per heavy atom. The van der Waals surface area contributed by atoms with E-state index in [2.05, 4.69) is 12.2 Å². The molecule has 0 spiro atoms. The molecule has 3 saturated carbocycles. The second-order valence-corrected chi connectivity index (χ2v) is 13.1. The molecule has 1 aromatic carbocycles. The van der Waals surface area contributed by atoms with Gasteiger partial charge in [0.05, 0.1) is 12.5 Å². The molecule has 43 heavy (non-hydrogen) atoms. The Morgan fingerprint density at radius 3 is 2.60 bits per heavy atom. The molecule has 4 aliphatic rings. The van der Waals surface area contributed by atoms with Crippen molar-refractivity contribution in [2.24, 2.45) is 28.6 Å². The molecular formula is C33H41NO9. The maximum absolute atomic E-state index is 13.4. The average molecular weight is 596 g/mol. The number of ketones is 2. The third-order valence-electron chi connectivity index (χ3n) is 10.8. The van der Waals surface area contributed by atoms with Gasteiger partial charge in [0, 0.05) is 29.7 Å². The molecule has 0 unspecified atom stereocenters. The second-order valence-electron chi connectivity index (χ2n) is 13.1. The second kappa shape index (κ2) is 11.5. The number of rotatable bonds is 9. The van der Waals surface area contributed by atoms with E-state index in [9.17, 15) is 39.6 Å².